The predicted molar refractivity (Wildman–Crippen MR) is 34.2 cm³/mol. The topological polar surface area (TPSA) is 77.8 Å². The van der Waals surface area contributed by atoms with Crippen molar-refractivity contribution in [3.63, 3.8) is 0 Å². The van der Waals surface area contributed by atoms with Gasteiger partial charge in [-0.3, -0.25) is 0 Å². The number of carboxylic acid groups (broad SMARTS) is 1. The Bertz CT molecular complexity index is 154. The highest BCUT2D eigenvalue weighted by Gasteiger charge is 2.19. The molecule has 0 spiro atoms. The summed E-state index contributed by atoms with van der Waals surface area (Å²) < 4.78 is 0. The van der Waals surface area contributed by atoms with Crippen molar-refractivity contribution < 1.29 is 20.1 Å². The van der Waals surface area contributed by atoms with E-state index in [1.807, 2.05) is 0 Å². The molecule has 0 fully saturated rings. The maximum atomic E-state index is 10.1. The number of carboxylic acids is 1. The Morgan fingerprint density at radius 3 is 2.10 bits per heavy atom. The van der Waals surface area contributed by atoms with Crippen molar-refractivity contribution in [2.45, 2.75) is 19.1 Å². The SMILES string of the molecule is C=C(CC(C)(O)O)C(=O)O. The van der Waals surface area contributed by atoms with E-state index in [0.29, 0.717) is 0 Å². The minimum atomic E-state index is -1.98. The van der Waals surface area contributed by atoms with Gasteiger partial charge in [0.05, 0.1) is 0 Å². The summed E-state index contributed by atoms with van der Waals surface area (Å²) in [5.41, 5.74) is -0.215. The highest BCUT2D eigenvalue weighted by molar-refractivity contribution is 5.85. The summed E-state index contributed by atoms with van der Waals surface area (Å²) >= 11 is 0. The van der Waals surface area contributed by atoms with Crippen LogP contribution in [-0.4, -0.2) is 27.1 Å². The summed E-state index contributed by atoms with van der Waals surface area (Å²) in [6.45, 7) is 4.22. The summed E-state index contributed by atoms with van der Waals surface area (Å²) in [6.07, 6.45) is -0.345. The van der Waals surface area contributed by atoms with E-state index in [1.54, 1.807) is 0 Å². The number of aliphatic hydroxyl groups is 2. The van der Waals surface area contributed by atoms with Crippen molar-refractivity contribution in [2.75, 3.05) is 0 Å². The molecule has 0 atom stereocenters. The first kappa shape index (κ1) is 9.13. The first-order valence-corrected chi connectivity index (χ1v) is 2.69. The minimum absolute atomic E-state index is 0.215. The fourth-order valence-corrected chi connectivity index (χ4v) is 0.480. The standard InChI is InChI=1S/C6H10O4/c1-4(5(7)8)3-6(2,9)10/h9-10H,1,3H2,2H3,(H,7,8). The number of carbonyl (C=O) groups is 1. The molecule has 0 amide bonds. The van der Waals surface area contributed by atoms with Gasteiger partial charge in [0.25, 0.3) is 0 Å². The van der Waals surface area contributed by atoms with Crippen molar-refractivity contribution in [3.05, 3.63) is 12.2 Å². The van der Waals surface area contributed by atoms with Crippen LogP contribution in [0.15, 0.2) is 12.2 Å². The molecule has 4 nitrogen and oxygen atoms in total. The van der Waals surface area contributed by atoms with Gasteiger partial charge in [0.2, 0.25) is 0 Å². The molecule has 0 aromatic heterocycles. The van der Waals surface area contributed by atoms with E-state index in [0.717, 1.165) is 6.92 Å². The Hall–Kier alpha value is -0.870. The lowest BCUT2D eigenvalue weighted by Crippen LogP contribution is -2.25. The zero-order chi connectivity index (χ0) is 8.36. The normalized spacial score (nSPS) is 11.1. The van der Waals surface area contributed by atoms with Gasteiger partial charge in [-0.15, -0.1) is 0 Å². The Morgan fingerprint density at radius 1 is 1.60 bits per heavy atom. The summed E-state index contributed by atoms with van der Waals surface area (Å²) in [5.74, 6) is -3.19. The zero-order valence-electron chi connectivity index (χ0n) is 5.66. The number of hydrogen-bond acceptors (Lipinski definition) is 3. The molecule has 0 aliphatic heterocycles. The second-order valence-corrected chi connectivity index (χ2v) is 2.30. The lowest BCUT2D eigenvalue weighted by atomic mass is 10.1. The van der Waals surface area contributed by atoms with Crippen LogP contribution >= 0.6 is 0 Å². The van der Waals surface area contributed by atoms with Crippen molar-refractivity contribution in [1.82, 2.24) is 0 Å². The van der Waals surface area contributed by atoms with Crippen LogP contribution in [0, 0.1) is 0 Å². The van der Waals surface area contributed by atoms with Crippen LogP contribution in [0.5, 0.6) is 0 Å². The Labute approximate surface area is 58.4 Å². The van der Waals surface area contributed by atoms with Gasteiger partial charge in [-0.05, 0) is 6.92 Å². The molecule has 0 rings (SSSR count). The largest absolute Gasteiger partial charge is 0.478 e. The lowest BCUT2D eigenvalue weighted by molar-refractivity contribution is -0.150. The summed E-state index contributed by atoms with van der Waals surface area (Å²) in [7, 11) is 0. The number of rotatable bonds is 3. The van der Waals surface area contributed by atoms with E-state index in [-0.39, 0.29) is 12.0 Å². The molecule has 0 saturated heterocycles. The van der Waals surface area contributed by atoms with Crippen molar-refractivity contribution in [2.24, 2.45) is 0 Å². The molecule has 0 bridgehead atoms. The molecule has 0 unspecified atom stereocenters. The van der Waals surface area contributed by atoms with E-state index >= 15 is 0 Å². The number of aliphatic carboxylic acids is 1. The van der Waals surface area contributed by atoms with Crippen LogP contribution < -0.4 is 0 Å². The molecule has 0 heterocycles. The molecule has 0 aliphatic rings. The van der Waals surface area contributed by atoms with Crippen LogP contribution in [0.1, 0.15) is 13.3 Å². The van der Waals surface area contributed by atoms with Crippen molar-refractivity contribution in [3.8, 4) is 0 Å². The summed E-state index contributed by atoms with van der Waals surface area (Å²) in [4.78, 5) is 10.1. The van der Waals surface area contributed by atoms with Crippen LogP contribution in [0.2, 0.25) is 0 Å². The van der Waals surface area contributed by atoms with Crippen LogP contribution in [0.3, 0.4) is 0 Å². The van der Waals surface area contributed by atoms with E-state index in [1.165, 1.54) is 0 Å². The third-order valence-electron chi connectivity index (χ3n) is 0.851. The quantitative estimate of drug-likeness (QED) is 0.378. The molecule has 0 aliphatic carbocycles. The fourth-order valence-electron chi connectivity index (χ4n) is 0.480. The first-order chi connectivity index (χ1) is 4.33. The molecule has 0 saturated carbocycles. The average Bonchev–Trinajstić information content (AvgIpc) is 1.60. The van der Waals surface area contributed by atoms with Gasteiger partial charge >= 0.3 is 5.97 Å². The molecule has 0 aromatic carbocycles. The zero-order valence-corrected chi connectivity index (χ0v) is 5.66. The lowest BCUT2D eigenvalue weighted by Gasteiger charge is -2.14. The minimum Gasteiger partial charge on any atom is -0.478 e. The first-order valence-electron chi connectivity index (χ1n) is 2.69. The van der Waals surface area contributed by atoms with E-state index in [9.17, 15) is 4.79 Å². The van der Waals surface area contributed by atoms with Gasteiger partial charge in [-0.1, -0.05) is 6.58 Å². The molecular formula is C6H10O4. The van der Waals surface area contributed by atoms with Crippen LogP contribution in [0.25, 0.3) is 0 Å². The molecule has 3 N–H and O–H groups in total. The Morgan fingerprint density at radius 2 is 2.00 bits per heavy atom. The van der Waals surface area contributed by atoms with Crippen molar-refractivity contribution >= 4 is 5.97 Å². The van der Waals surface area contributed by atoms with Gasteiger partial charge in [0, 0.05) is 12.0 Å². The molecule has 4 heteroatoms. The fraction of sp³-hybridized carbons (Fsp3) is 0.500. The number of hydrogen-bond donors (Lipinski definition) is 3. The van der Waals surface area contributed by atoms with Crippen LogP contribution in [0.4, 0.5) is 0 Å². The molecule has 0 aromatic rings. The second-order valence-electron chi connectivity index (χ2n) is 2.30. The van der Waals surface area contributed by atoms with Gasteiger partial charge in [-0.25, -0.2) is 4.79 Å². The van der Waals surface area contributed by atoms with Gasteiger partial charge < -0.3 is 15.3 Å². The second kappa shape index (κ2) is 2.81. The van der Waals surface area contributed by atoms with Gasteiger partial charge in [0.1, 0.15) is 0 Å². The van der Waals surface area contributed by atoms with Gasteiger partial charge in [-0.2, -0.15) is 0 Å². The average molecular weight is 146 g/mol. The van der Waals surface area contributed by atoms with Gasteiger partial charge in [0.15, 0.2) is 5.79 Å². The summed E-state index contributed by atoms with van der Waals surface area (Å²) in [5, 5.41) is 25.6. The smallest absolute Gasteiger partial charge is 0.331 e. The highest BCUT2D eigenvalue weighted by atomic mass is 16.5. The van der Waals surface area contributed by atoms with E-state index in [4.69, 9.17) is 15.3 Å². The van der Waals surface area contributed by atoms with E-state index in [2.05, 4.69) is 6.58 Å². The maximum absolute atomic E-state index is 10.1. The Kier molecular flexibility index (Phi) is 2.56. The third-order valence-corrected chi connectivity index (χ3v) is 0.851. The monoisotopic (exact) mass is 146 g/mol. The summed E-state index contributed by atoms with van der Waals surface area (Å²) in [6, 6.07) is 0. The van der Waals surface area contributed by atoms with Crippen LogP contribution in [-0.2, 0) is 4.79 Å². The molecule has 10 heavy (non-hydrogen) atoms. The molecule has 0 radical (unpaired) electrons. The van der Waals surface area contributed by atoms with Crippen molar-refractivity contribution in [1.29, 1.82) is 0 Å². The highest BCUT2D eigenvalue weighted by Crippen LogP contribution is 2.10. The molecular weight excluding hydrogens is 136 g/mol. The Balaban J connectivity index is 3.93. The predicted octanol–water partition coefficient (Wildman–Crippen LogP) is -0.282. The maximum Gasteiger partial charge on any atom is 0.331 e. The molecule has 58 valence electrons. The third kappa shape index (κ3) is 4.05. The van der Waals surface area contributed by atoms with E-state index < -0.39 is 11.8 Å².